The average molecular weight is 220 g/mol. The smallest absolute Gasteiger partial charge is 0.128 e. The minimum atomic E-state index is -0.0945. The Balaban J connectivity index is 2.06. The molecule has 0 amide bonds. The maximum atomic E-state index is 5.84. The third-order valence-electron chi connectivity index (χ3n) is 3.13. The Hall–Kier alpha value is -1.13. The van der Waals surface area contributed by atoms with Gasteiger partial charge in [0.1, 0.15) is 5.82 Å². The van der Waals surface area contributed by atoms with Gasteiger partial charge in [0.05, 0.1) is 0 Å². The van der Waals surface area contributed by atoms with Crippen molar-refractivity contribution in [3.05, 3.63) is 23.9 Å². The van der Waals surface area contributed by atoms with E-state index in [1.807, 2.05) is 12.3 Å². The number of hydrogen-bond acceptors (Lipinski definition) is 4. The van der Waals surface area contributed by atoms with Crippen molar-refractivity contribution in [3.8, 4) is 0 Å². The molecular formula is C12H20N4. The van der Waals surface area contributed by atoms with Crippen LogP contribution in [0.4, 0.5) is 5.82 Å². The number of rotatable bonds is 3. The summed E-state index contributed by atoms with van der Waals surface area (Å²) in [5.74, 6) is 1.06. The zero-order chi connectivity index (χ0) is 11.4. The zero-order valence-corrected chi connectivity index (χ0v) is 9.60. The van der Waals surface area contributed by atoms with Gasteiger partial charge < -0.3 is 16.4 Å². The van der Waals surface area contributed by atoms with E-state index in [4.69, 9.17) is 11.5 Å². The molecule has 88 valence electrons. The minimum Gasteiger partial charge on any atom is -0.357 e. The SMILES string of the molecule is NCC(N)c1ccc(N2CCCCC2)nc1. The monoisotopic (exact) mass is 220 g/mol. The molecular weight excluding hydrogens is 200 g/mol. The van der Waals surface area contributed by atoms with Gasteiger partial charge in [0.25, 0.3) is 0 Å². The van der Waals surface area contributed by atoms with Crippen LogP contribution < -0.4 is 16.4 Å². The Labute approximate surface area is 96.6 Å². The minimum absolute atomic E-state index is 0.0945. The first-order chi connectivity index (χ1) is 7.81. The van der Waals surface area contributed by atoms with E-state index in [-0.39, 0.29) is 6.04 Å². The van der Waals surface area contributed by atoms with Crippen LogP contribution in [-0.4, -0.2) is 24.6 Å². The van der Waals surface area contributed by atoms with Crippen molar-refractivity contribution in [1.29, 1.82) is 0 Å². The molecule has 1 saturated heterocycles. The van der Waals surface area contributed by atoms with E-state index in [0.29, 0.717) is 6.54 Å². The van der Waals surface area contributed by atoms with Gasteiger partial charge in [-0.05, 0) is 30.9 Å². The van der Waals surface area contributed by atoms with Crippen LogP contribution in [0.25, 0.3) is 0 Å². The Morgan fingerprint density at radius 1 is 1.25 bits per heavy atom. The lowest BCUT2D eigenvalue weighted by Crippen LogP contribution is -2.30. The Morgan fingerprint density at radius 2 is 2.00 bits per heavy atom. The van der Waals surface area contributed by atoms with E-state index < -0.39 is 0 Å². The molecule has 1 aliphatic rings. The first-order valence-electron chi connectivity index (χ1n) is 5.98. The summed E-state index contributed by atoms with van der Waals surface area (Å²) in [5.41, 5.74) is 12.4. The average Bonchev–Trinajstić information content (AvgIpc) is 2.39. The van der Waals surface area contributed by atoms with E-state index in [1.165, 1.54) is 19.3 Å². The Bertz CT molecular complexity index is 316. The van der Waals surface area contributed by atoms with Crippen LogP contribution in [0.1, 0.15) is 30.9 Å². The van der Waals surface area contributed by atoms with E-state index in [1.54, 1.807) is 0 Å². The summed E-state index contributed by atoms with van der Waals surface area (Å²) in [7, 11) is 0. The van der Waals surface area contributed by atoms with Gasteiger partial charge in [0.15, 0.2) is 0 Å². The molecule has 0 radical (unpaired) electrons. The lowest BCUT2D eigenvalue weighted by molar-refractivity contribution is 0.573. The molecule has 4 N–H and O–H groups in total. The fraction of sp³-hybridized carbons (Fsp3) is 0.583. The molecule has 0 aliphatic carbocycles. The molecule has 1 aliphatic heterocycles. The highest BCUT2D eigenvalue weighted by Gasteiger charge is 2.12. The lowest BCUT2D eigenvalue weighted by Gasteiger charge is -2.27. The van der Waals surface area contributed by atoms with Crippen LogP contribution in [-0.2, 0) is 0 Å². The fourth-order valence-corrected chi connectivity index (χ4v) is 2.06. The van der Waals surface area contributed by atoms with Crippen molar-refractivity contribution in [1.82, 2.24) is 4.98 Å². The summed E-state index contributed by atoms with van der Waals surface area (Å²) < 4.78 is 0. The molecule has 0 saturated carbocycles. The van der Waals surface area contributed by atoms with Gasteiger partial charge in [0, 0.05) is 31.9 Å². The molecule has 1 fully saturated rings. The molecule has 0 spiro atoms. The van der Waals surface area contributed by atoms with Gasteiger partial charge in [-0.2, -0.15) is 0 Å². The number of hydrogen-bond donors (Lipinski definition) is 2. The van der Waals surface area contributed by atoms with Gasteiger partial charge in [-0.3, -0.25) is 0 Å². The highest BCUT2D eigenvalue weighted by molar-refractivity contribution is 5.40. The van der Waals surface area contributed by atoms with Crippen molar-refractivity contribution < 1.29 is 0 Å². The third-order valence-corrected chi connectivity index (χ3v) is 3.13. The second-order valence-electron chi connectivity index (χ2n) is 4.34. The van der Waals surface area contributed by atoms with Gasteiger partial charge in [-0.15, -0.1) is 0 Å². The maximum Gasteiger partial charge on any atom is 0.128 e. The normalized spacial score (nSPS) is 18.5. The quantitative estimate of drug-likeness (QED) is 0.798. The Kier molecular flexibility index (Phi) is 3.74. The summed E-state index contributed by atoms with van der Waals surface area (Å²) in [4.78, 5) is 6.80. The van der Waals surface area contributed by atoms with Gasteiger partial charge in [-0.25, -0.2) is 4.98 Å². The van der Waals surface area contributed by atoms with E-state index in [9.17, 15) is 0 Å². The fourth-order valence-electron chi connectivity index (χ4n) is 2.06. The zero-order valence-electron chi connectivity index (χ0n) is 9.60. The summed E-state index contributed by atoms with van der Waals surface area (Å²) >= 11 is 0. The summed E-state index contributed by atoms with van der Waals surface area (Å²) in [6.07, 6.45) is 5.73. The molecule has 1 atom stereocenters. The van der Waals surface area contributed by atoms with Crippen LogP contribution in [0.3, 0.4) is 0 Å². The number of piperidine rings is 1. The van der Waals surface area contributed by atoms with Crippen LogP contribution in [0.5, 0.6) is 0 Å². The topological polar surface area (TPSA) is 68.2 Å². The van der Waals surface area contributed by atoms with Crippen LogP contribution in [0, 0.1) is 0 Å². The van der Waals surface area contributed by atoms with Crippen molar-refractivity contribution in [3.63, 3.8) is 0 Å². The van der Waals surface area contributed by atoms with Gasteiger partial charge in [0.2, 0.25) is 0 Å². The van der Waals surface area contributed by atoms with Gasteiger partial charge in [-0.1, -0.05) is 6.07 Å². The lowest BCUT2D eigenvalue weighted by atomic mass is 10.1. The first-order valence-corrected chi connectivity index (χ1v) is 5.98. The van der Waals surface area contributed by atoms with Crippen molar-refractivity contribution >= 4 is 5.82 Å². The molecule has 2 rings (SSSR count). The molecule has 4 nitrogen and oxygen atoms in total. The molecule has 0 aromatic carbocycles. The van der Waals surface area contributed by atoms with Crippen LogP contribution in [0.15, 0.2) is 18.3 Å². The molecule has 0 bridgehead atoms. The second kappa shape index (κ2) is 5.27. The molecule has 4 heteroatoms. The van der Waals surface area contributed by atoms with Crippen LogP contribution >= 0.6 is 0 Å². The molecule has 1 aromatic heterocycles. The summed E-state index contributed by atoms with van der Waals surface area (Å²) in [6, 6.07) is 3.99. The van der Waals surface area contributed by atoms with Crippen LogP contribution in [0.2, 0.25) is 0 Å². The van der Waals surface area contributed by atoms with Crippen molar-refractivity contribution in [2.75, 3.05) is 24.5 Å². The van der Waals surface area contributed by atoms with Crippen molar-refractivity contribution in [2.45, 2.75) is 25.3 Å². The summed E-state index contributed by atoms with van der Waals surface area (Å²) in [5, 5.41) is 0. The number of anilines is 1. The second-order valence-corrected chi connectivity index (χ2v) is 4.34. The number of nitrogens with zero attached hydrogens (tertiary/aromatic N) is 2. The maximum absolute atomic E-state index is 5.84. The van der Waals surface area contributed by atoms with Gasteiger partial charge >= 0.3 is 0 Å². The van der Waals surface area contributed by atoms with E-state index in [0.717, 1.165) is 24.5 Å². The number of pyridine rings is 1. The molecule has 16 heavy (non-hydrogen) atoms. The predicted molar refractivity (Wildman–Crippen MR) is 66.3 cm³/mol. The Morgan fingerprint density at radius 3 is 2.56 bits per heavy atom. The first kappa shape index (κ1) is 11.4. The highest BCUT2D eigenvalue weighted by atomic mass is 15.2. The molecule has 1 unspecified atom stereocenters. The van der Waals surface area contributed by atoms with E-state index in [2.05, 4.69) is 16.0 Å². The van der Waals surface area contributed by atoms with E-state index >= 15 is 0 Å². The standard InChI is InChI=1S/C12H20N4/c13-8-11(14)10-4-5-12(15-9-10)16-6-2-1-3-7-16/h4-5,9,11H,1-3,6-8,13-14H2. The predicted octanol–water partition coefficient (Wildman–Crippen LogP) is 1.03. The summed E-state index contributed by atoms with van der Waals surface area (Å²) in [6.45, 7) is 2.70. The third kappa shape index (κ3) is 2.51. The molecule has 2 heterocycles. The molecule has 1 aromatic rings. The highest BCUT2D eigenvalue weighted by Crippen LogP contribution is 2.18. The largest absolute Gasteiger partial charge is 0.357 e. The number of nitrogens with two attached hydrogens (primary N) is 2. The van der Waals surface area contributed by atoms with Crippen molar-refractivity contribution in [2.24, 2.45) is 11.5 Å². The number of aromatic nitrogens is 1.